The second-order valence-corrected chi connectivity index (χ2v) is 5.30. The van der Waals surface area contributed by atoms with Crippen molar-refractivity contribution in [2.24, 2.45) is 5.92 Å². The summed E-state index contributed by atoms with van der Waals surface area (Å²) in [4.78, 5) is 13.7. The van der Waals surface area contributed by atoms with E-state index < -0.39 is 28.9 Å². The van der Waals surface area contributed by atoms with E-state index in [0.29, 0.717) is 25.2 Å². The number of carbonyl (C=O) groups is 1. The Morgan fingerprint density at radius 3 is 2.52 bits per heavy atom. The average Bonchev–Trinajstić information content (AvgIpc) is 2.44. The van der Waals surface area contributed by atoms with E-state index in [0.717, 1.165) is 25.9 Å². The molecule has 1 aliphatic rings. The lowest BCUT2D eigenvalue weighted by molar-refractivity contribution is 0.0719. The van der Waals surface area contributed by atoms with Crippen molar-refractivity contribution in [3.8, 4) is 0 Å². The van der Waals surface area contributed by atoms with Gasteiger partial charge < -0.3 is 10.2 Å². The zero-order chi connectivity index (χ0) is 15.4. The number of carbonyl (C=O) groups excluding carboxylic acids is 1. The van der Waals surface area contributed by atoms with Crippen LogP contribution in [0.15, 0.2) is 12.1 Å². The van der Waals surface area contributed by atoms with Gasteiger partial charge in [0, 0.05) is 25.2 Å². The normalized spacial score (nSPS) is 18.6. The van der Waals surface area contributed by atoms with Gasteiger partial charge in [0.1, 0.15) is 23.0 Å². The Morgan fingerprint density at radius 2 is 2.00 bits per heavy atom. The van der Waals surface area contributed by atoms with Crippen molar-refractivity contribution in [1.82, 2.24) is 10.2 Å². The fraction of sp³-hybridized carbons (Fsp3) is 0.533. The highest BCUT2D eigenvalue weighted by atomic mass is 19.1. The molecule has 0 bridgehead atoms. The van der Waals surface area contributed by atoms with Gasteiger partial charge in [-0.2, -0.15) is 0 Å². The maximum absolute atomic E-state index is 13.7. The molecule has 2 rings (SSSR count). The van der Waals surface area contributed by atoms with Gasteiger partial charge in [0.25, 0.3) is 5.91 Å². The summed E-state index contributed by atoms with van der Waals surface area (Å²) in [7, 11) is 0. The van der Waals surface area contributed by atoms with Crippen molar-refractivity contribution in [1.29, 1.82) is 0 Å². The predicted molar refractivity (Wildman–Crippen MR) is 73.5 cm³/mol. The van der Waals surface area contributed by atoms with E-state index in [2.05, 4.69) is 5.32 Å². The zero-order valence-electron chi connectivity index (χ0n) is 12.0. The summed E-state index contributed by atoms with van der Waals surface area (Å²) in [5.41, 5.74) is -0.679. The summed E-state index contributed by atoms with van der Waals surface area (Å²) in [6.45, 7) is 4.30. The number of nitrogens with zero attached hydrogens (tertiary/aromatic N) is 1. The predicted octanol–water partition coefficient (Wildman–Crippen LogP) is 2.57. The van der Waals surface area contributed by atoms with Gasteiger partial charge in [-0.25, -0.2) is 13.2 Å². The van der Waals surface area contributed by atoms with Gasteiger partial charge in [0.15, 0.2) is 0 Å². The summed E-state index contributed by atoms with van der Waals surface area (Å²) in [5, 5.41) is 3.24. The lowest BCUT2D eigenvalue weighted by atomic mass is 9.98. The van der Waals surface area contributed by atoms with E-state index in [-0.39, 0.29) is 5.92 Å². The third kappa shape index (κ3) is 3.75. The fourth-order valence-corrected chi connectivity index (χ4v) is 2.65. The average molecular weight is 300 g/mol. The molecule has 0 radical (unpaired) electrons. The van der Waals surface area contributed by atoms with Crippen LogP contribution in [0.25, 0.3) is 0 Å². The molecular formula is C15H19F3N2O. The van der Waals surface area contributed by atoms with Crippen LogP contribution in [0.5, 0.6) is 0 Å². The lowest BCUT2D eigenvalue weighted by Gasteiger charge is -2.29. The van der Waals surface area contributed by atoms with Crippen LogP contribution < -0.4 is 5.32 Å². The first-order valence-corrected chi connectivity index (χ1v) is 7.17. The lowest BCUT2D eigenvalue weighted by Crippen LogP contribution is -2.41. The van der Waals surface area contributed by atoms with Crippen LogP contribution in [0.3, 0.4) is 0 Å². The van der Waals surface area contributed by atoms with Crippen molar-refractivity contribution in [3.05, 3.63) is 35.1 Å². The smallest absolute Gasteiger partial charge is 0.259 e. The Hall–Kier alpha value is -1.56. The maximum atomic E-state index is 13.7. The molecule has 1 atom stereocenters. The van der Waals surface area contributed by atoms with Gasteiger partial charge in [-0.3, -0.25) is 4.79 Å². The fourth-order valence-electron chi connectivity index (χ4n) is 2.65. The first-order chi connectivity index (χ1) is 10.0. The minimum absolute atomic E-state index is 0.272. The molecule has 0 spiro atoms. The summed E-state index contributed by atoms with van der Waals surface area (Å²) in [6, 6.07) is 1.07. The van der Waals surface area contributed by atoms with E-state index in [4.69, 9.17) is 0 Å². The molecule has 1 aromatic rings. The zero-order valence-corrected chi connectivity index (χ0v) is 12.0. The second-order valence-electron chi connectivity index (χ2n) is 5.30. The van der Waals surface area contributed by atoms with E-state index >= 15 is 0 Å². The summed E-state index contributed by atoms with van der Waals surface area (Å²) in [6.07, 6.45) is 2.00. The molecule has 1 aliphatic heterocycles. The molecule has 1 aromatic carbocycles. The standard InChI is InChI=1S/C15H19F3N2O/c1-2-20(9-10-4-3-5-19-8-10)15(21)14-12(17)6-11(16)7-13(14)18/h6-7,10,19H,2-5,8-9H2,1H3. The SMILES string of the molecule is CCN(CC1CCCNC1)C(=O)c1c(F)cc(F)cc1F. The number of piperidine rings is 1. The highest BCUT2D eigenvalue weighted by molar-refractivity contribution is 5.94. The van der Waals surface area contributed by atoms with Gasteiger partial charge >= 0.3 is 0 Å². The number of rotatable bonds is 4. The Kier molecular flexibility index (Phi) is 5.22. The van der Waals surface area contributed by atoms with Gasteiger partial charge in [-0.15, -0.1) is 0 Å². The van der Waals surface area contributed by atoms with Crippen LogP contribution in [-0.2, 0) is 0 Å². The van der Waals surface area contributed by atoms with Gasteiger partial charge in [0.05, 0.1) is 0 Å². The molecule has 0 aliphatic carbocycles. The molecule has 3 nitrogen and oxygen atoms in total. The minimum atomic E-state index is -1.15. The molecule has 116 valence electrons. The third-order valence-corrected chi connectivity index (χ3v) is 3.77. The summed E-state index contributed by atoms with van der Waals surface area (Å²) in [5.74, 6) is -3.79. The van der Waals surface area contributed by atoms with Crippen LogP contribution in [0.2, 0.25) is 0 Å². The molecule has 1 amide bonds. The monoisotopic (exact) mass is 300 g/mol. The van der Waals surface area contributed by atoms with Crippen molar-refractivity contribution in [2.75, 3.05) is 26.2 Å². The van der Waals surface area contributed by atoms with Crippen molar-refractivity contribution in [2.45, 2.75) is 19.8 Å². The van der Waals surface area contributed by atoms with Crippen molar-refractivity contribution >= 4 is 5.91 Å². The molecular weight excluding hydrogens is 281 g/mol. The van der Waals surface area contributed by atoms with E-state index in [9.17, 15) is 18.0 Å². The minimum Gasteiger partial charge on any atom is -0.338 e. The molecule has 1 unspecified atom stereocenters. The van der Waals surface area contributed by atoms with Gasteiger partial charge in [0.2, 0.25) is 0 Å². The molecule has 1 fully saturated rings. The van der Waals surface area contributed by atoms with Crippen LogP contribution in [0.1, 0.15) is 30.1 Å². The number of hydrogen-bond acceptors (Lipinski definition) is 2. The quantitative estimate of drug-likeness (QED) is 0.927. The molecule has 0 saturated carbocycles. The van der Waals surface area contributed by atoms with Crippen molar-refractivity contribution in [3.63, 3.8) is 0 Å². The van der Waals surface area contributed by atoms with Crippen LogP contribution in [-0.4, -0.2) is 37.0 Å². The van der Waals surface area contributed by atoms with Crippen LogP contribution >= 0.6 is 0 Å². The van der Waals surface area contributed by atoms with E-state index in [1.54, 1.807) is 6.92 Å². The van der Waals surface area contributed by atoms with Crippen LogP contribution in [0.4, 0.5) is 13.2 Å². The molecule has 1 heterocycles. The maximum Gasteiger partial charge on any atom is 0.259 e. The summed E-state index contributed by atoms with van der Waals surface area (Å²) < 4.78 is 40.3. The molecule has 21 heavy (non-hydrogen) atoms. The second kappa shape index (κ2) is 6.93. The van der Waals surface area contributed by atoms with Crippen LogP contribution in [0, 0.1) is 23.4 Å². The Bertz CT molecular complexity index is 493. The Balaban J connectivity index is 2.16. The Labute approximate surface area is 122 Å². The molecule has 1 N–H and O–H groups in total. The molecule has 0 aromatic heterocycles. The number of nitrogens with one attached hydrogen (secondary N) is 1. The first kappa shape index (κ1) is 15.8. The van der Waals surface area contributed by atoms with E-state index in [1.807, 2.05) is 0 Å². The third-order valence-electron chi connectivity index (χ3n) is 3.77. The van der Waals surface area contributed by atoms with E-state index in [1.165, 1.54) is 4.90 Å². The topological polar surface area (TPSA) is 32.3 Å². The number of hydrogen-bond donors (Lipinski definition) is 1. The Morgan fingerprint density at radius 1 is 1.33 bits per heavy atom. The highest BCUT2D eigenvalue weighted by Gasteiger charge is 2.25. The van der Waals surface area contributed by atoms with Gasteiger partial charge in [-0.1, -0.05) is 0 Å². The number of amides is 1. The molecule has 6 heteroatoms. The molecule has 1 saturated heterocycles. The highest BCUT2D eigenvalue weighted by Crippen LogP contribution is 2.19. The largest absolute Gasteiger partial charge is 0.338 e. The first-order valence-electron chi connectivity index (χ1n) is 7.17. The number of benzene rings is 1. The summed E-state index contributed by atoms with van der Waals surface area (Å²) >= 11 is 0. The van der Waals surface area contributed by atoms with Gasteiger partial charge in [-0.05, 0) is 38.8 Å². The van der Waals surface area contributed by atoms with Crippen molar-refractivity contribution < 1.29 is 18.0 Å². The number of halogens is 3.